The Morgan fingerprint density at radius 1 is 1.14 bits per heavy atom. The largest absolute Gasteiger partial charge is 0.438 e. The zero-order valence-electron chi connectivity index (χ0n) is 16.6. The van der Waals surface area contributed by atoms with Gasteiger partial charge in [0.05, 0.1) is 11.4 Å². The number of hydrogen-bond acceptors (Lipinski definition) is 5. The third-order valence-corrected chi connectivity index (χ3v) is 5.84. The highest BCUT2D eigenvalue weighted by Crippen LogP contribution is 2.25. The summed E-state index contributed by atoms with van der Waals surface area (Å²) in [6, 6.07) is 0. The van der Waals surface area contributed by atoms with E-state index >= 15 is 0 Å². The minimum absolute atomic E-state index is 0.139. The van der Waals surface area contributed by atoms with Crippen molar-refractivity contribution in [3.05, 3.63) is 34.8 Å². The third kappa shape index (κ3) is 3.55. The summed E-state index contributed by atoms with van der Waals surface area (Å²) >= 11 is 0. The third-order valence-electron chi connectivity index (χ3n) is 5.84. The summed E-state index contributed by atoms with van der Waals surface area (Å²) in [5, 5.41) is 4.66. The average Bonchev–Trinajstić information content (AvgIpc) is 3.29. The molecule has 2 aromatic heterocycles. The molecule has 8 nitrogen and oxygen atoms in total. The Hall–Kier alpha value is -2.64. The molecule has 0 aromatic carbocycles. The Balaban J connectivity index is 1.46. The molecule has 0 atom stereocenters. The fourth-order valence-corrected chi connectivity index (χ4v) is 4.22. The number of amides is 2. The Morgan fingerprint density at radius 2 is 1.93 bits per heavy atom. The Bertz CT molecular complexity index is 879. The monoisotopic (exact) mass is 385 g/mol. The van der Waals surface area contributed by atoms with Crippen LogP contribution in [0.15, 0.2) is 10.8 Å². The van der Waals surface area contributed by atoms with Crippen molar-refractivity contribution in [2.75, 3.05) is 19.6 Å². The van der Waals surface area contributed by atoms with Gasteiger partial charge in [-0.1, -0.05) is 0 Å². The smallest absolute Gasteiger partial charge is 0.291 e. The molecule has 2 aliphatic heterocycles. The quantitative estimate of drug-likeness (QED) is 0.802. The van der Waals surface area contributed by atoms with Gasteiger partial charge < -0.3 is 14.2 Å². The molecule has 150 valence electrons. The predicted octanol–water partition coefficient (Wildman–Crippen LogP) is 1.86. The molecule has 1 saturated heterocycles. The van der Waals surface area contributed by atoms with Crippen LogP contribution in [0.1, 0.15) is 58.9 Å². The van der Waals surface area contributed by atoms with Gasteiger partial charge in [0, 0.05) is 63.7 Å². The Morgan fingerprint density at radius 3 is 2.64 bits per heavy atom. The zero-order chi connectivity index (χ0) is 19.7. The first kappa shape index (κ1) is 18.7. The second-order valence-electron chi connectivity index (χ2n) is 7.68. The molecule has 28 heavy (non-hydrogen) atoms. The summed E-state index contributed by atoms with van der Waals surface area (Å²) in [4.78, 5) is 33.1. The van der Waals surface area contributed by atoms with Gasteiger partial charge in [-0.2, -0.15) is 5.10 Å². The predicted molar refractivity (Wildman–Crippen MR) is 102 cm³/mol. The van der Waals surface area contributed by atoms with E-state index in [-0.39, 0.29) is 11.8 Å². The number of piperidine rings is 1. The molecule has 2 amide bonds. The van der Waals surface area contributed by atoms with E-state index < -0.39 is 0 Å². The van der Waals surface area contributed by atoms with Crippen LogP contribution in [-0.2, 0) is 31.2 Å². The molecule has 0 unspecified atom stereocenters. The van der Waals surface area contributed by atoms with Crippen molar-refractivity contribution in [2.45, 2.75) is 52.0 Å². The van der Waals surface area contributed by atoms with E-state index in [0.29, 0.717) is 37.4 Å². The lowest BCUT2D eigenvalue weighted by Gasteiger charge is -2.27. The first-order valence-electron chi connectivity index (χ1n) is 10.1. The topological polar surface area (TPSA) is 84.5 Å². The standard InChI is InChI=1S/C20H27N5O3/c1-14-19(28-13-21-14)20(27)25-11-8-17-15(12-25)16(22-23(17)2)6-7-18(26)24-9-4-3-5-10-24/h13H,3-12H2,1-2H3. The first-order valence-corrected chi connectivity index (χ1v) is 10.1. The maximum Gasteiger partial charge on any atom is 0.291 e. The van der Waals surface area contributed by atoms with Crippen molar-refractivity contribution >= 4 is 11.8 Å². The summed E-state index contributed by atoms with van der Waals surface area (Å²) in [7, 11) is 1.94. The van der Waals surface area contributed by atoms with Gasteiger partial charge in [-0.05, 0) is 26.2 Å². The number of carbonyl (C=O) groups excluding carboxylic acids is 2. The number of oxazole rings is 1. The summed E-state index contributed by atoms with van der Waals surface area (Å²) in [5.41, 5.74) is 3.76. The molecule has 8 heteroatoms. The molecule has 0 saturated carbocycles. The number of likely N-dealkylation sites (tertiary alicyclic amines) is 1. The number of aromatic nitrogens is 3. The molecule has 0 spiro atoms. The molecule has 0 bridgehead atoms. The van der Waals surface area contributed by atoms with Gasteiger partial charge in [0.2, 0.25) is 11.7 Å². The van der Waals surface area contributed by atoms with Gasteiger partial charge in [-0.15, -0.1) is 0 Å². The highest BCUT2D eigenvalue weighted by Gasteiger charge is 2.29. The highest BCUT2D eigenvalue weighted by atomic mass is 16.3. The lowest BCUT2D eigenvalue weighted by atomic mass is 10.0. The number of hydrogen-bond donors (Lipinski definition) is 0. The highest BCUT2D eigenvalue weighted by molar-refractivity contribution is 5.92. The lowest BCUT2D eigenvalue weighted by Crippen LogP contribution is -2.37. The second-order valence-corrected chi connectivity index (χ2v) is 7.68. The molecule has 4 rings (SSSR count). The minimum atomic E-state index is -0.139. The van der Waals surface area contributed by atoms with Crippen molar-refractivity contribution in [1.82, 2.24) is 24.6 Å². The lowest BCUT2D eigenvalue weighted by molar-refractivity contribution is -0.132. The summed E-state index contributed by atoms with van der Waals surface area (Å²) in [6.45, 7) is 4.64. The van der Waals surface area contributed by atoms with E-state index in [4.69, 9.17) is 4.42 Å². The second kappa shape index (κ2) is 7.77. The van der Waals surface area contributed by atoms with Crippen LogP contribution >= 0.6 is 0 Å². The van der Waals surface area contributed by atoms with Crippen LogP contribution < -0.4 is 0 Å². The maximum absolute atomic E-state index is 12.8. The molecule has 1 fully saturated rings. The van der Waals surface area contributed by atoms with Gasteiger partial charge in [-0.3, -0.25) is 14.3 Å². The zero-order valence-corrected chi connectivity index (χ0v) is 16.6. The SMILES string of the molecule is Cc1ncoc1C(=O)N1CCc2c(c(CCC(=O)N3CCCCC3)nn2C)C1. The minimum Gasteiger partial charge on any atom is -0.438 e. The summed E-state index contributed by atoms with van der Waals surface area (Å²) in [6.07, 6.45) is 6.55. The van der Waals surface area contributed by atoms with E-state index in [1.54, 1.807) is 11.8 Å². The first-order chi connectivity index (χ1) is 13.5. The van der Waals surface area contributed by atoms with Crippen LogP contribution in [0.4, 0.5) is 0 Å². The normalized spacial score (nSPS) is 16.9. The van der Waals surface area contributed by atoms with Gasteiger partial charge in [-0.25, -0.2) is 4.98 Å². The number of aryl methyl sites for hydroxylation is 3. The molecule has 2 aliphatic rings. The molecule has 4 heterocycles. The van der Waals surface area contributed by atoms with Gasteiger partial charge in [0.15, 0.2) is 6.39 Å². The van der Waals surface area contributed by atoms with Crippen molar-refractivity contribution in [2.24, 2.45) is 7.05 Å². The Labute approximate surface area is 164 Å². The molecule has 0 N–H and O–H groups in total. The number of nitrogens with zero attached hydrogens (tertiary/aromatic N) is 5. The molecule has 2 aromatic rings. The van der Waals surface area contributed by atoms with E-state index in [0.717, 1.165) is 49.3 Å². The number of rotatable bonds is 4. The van der Waals surface area contributed by atoms with Gasteiger partial charge in [0.1, 0.15) is 0 Å². The van der Waals surface area contributed by atoms with E-state index in [9.17, 15) is 9.59 Å². The van der Waals surface area contributed by atoms with Crippen molar-refractivity contribution < 1.29 is 14.0 Å². The maximum atomic E-state index is 12.8. The van der Waals surface area contributed by atoms with E-state index in [1.165, 1.54) is 12.8 Å². The molecule has 0 radical (unpaired) electrons. The molecular weight excluding hydrogens is 358 g/mol. The summed E-state index contributed by atoms with van der Waals surface area (Å²) in [5.74, 6) is 0.370. The Kier molecular flexibility index (Phi) is 5.19. The fraction of sp³-hybridized carbons (Fsp3) is 0.600. The number of fused-ring (bicyclic) bond motifs is 1. The van der Waals surface area contributed by atoms with Crippen molar-refractivity contribution in [3.8, 4) is 0 Å². The van der Waals surface area contributed by atoms with Crippen LogP contribution in [0.3, 0.4) is 0 Å². The molecule has 0 aliphatic carbocycles. The van der Waals surface area contributed by atoms with E-state index in [1.807, 2.05) is 16.6 Å². The fourth-order valence-electron chi connectivity index (χ4n) is 4.22. The van der Waals surface area contributed by atoms with Crippen LogP contribution in [0.2, 0.25) is 0 Å². The van der Waals surface area contributed by atoms with Gasteiger partial charge >= 0.3 is 0 Å². The van der Waals surface area contributed by atoms with Crippen molar-refractivity contribution in [1.29, 1.82) is 0 Å². The van der Waals surface area contributed by atoms with Crippen LogP contribution in [0.5, 0.6) is 0 Å². The van der Waals surface area contributed by atoms with Crippen LogP contribution in [0.25, 0.3) is 0 Å². The van der Waals surface area contributed by atoms with Crippen LogP contribution in [-0.4, -0.2) is 56.0 Å². The average molecular weight is 385 g/mol. The number of carbonyl (C=O) groups is 2. The van der Waals surface area contributed by atoms with Crippen LogP contribution in [0, 0.1) is 6.92 Å². The summed E-state index contributed by atoms with van der Waals surface area (Å²) < 4.78 is 7.18. The van der Waals surface area contributed by atoms with Crippen molar-refractivity contribution in [3.63, 3.8) is 0 Å². The van der Waals surface area contributed by atoms with Gasteiger partial charge in [0.25, 0.3) is 5.91 Å². The van der Waals surface area contributed by atoms with E-state index in [2.05, 4.69) is 10.1 Å². The molecular formula is C20H27N5O3.